The van der Waals surface area contributed by atoms with Gasteiger partial charge in [0.2, 0.25) is 0 Å². The third-order valence-electron chi connectivity index (χ3n) is 3.56. The van der Waals surface area contributed by atoms with Crippen molar-refractivity contribution in [2.75, 3.05) is 0 Å². The van der Waals surface area contributed by atoms with Crippen LogP contribution in [0.15, 0.2) is 69.5 Å². The smallest absolute Gasteiger partial charge is 0.345 e. The predicted octanol–water partition coefficient (Wildman–Crippen LogP) is 4.48. The maximum absolute atomic E-state index is 12.2. The van der Waals surface area contributed by atoms with Gasteiger partial charge in [0.05, 0.1) is 11.3 Å². The van der Waals surface area contributed by atoms with Crippen LogP contribution in [0.4, 0.5) is 0 Å². The van der Waals surface area contributed by atoms with Crippen LogP contribution >= 0.6 is 11.3 Å². The normalized spacial score (nSPS) is 11.3. The molecule has 0 saturated heterocycles. The summed E-state index contributed by atoms with van der Waals surface area (Å²) in [7, 11) is 0. The first-order valence-electron chi connectivity index (χ1n) is 7.36. The second-order valence-electron chi connectivity index (χ2n) is 5.17. The van der Waals surface area contributed by atoms with E-state index in [1.54, 1.807) is 18.5 Å². The van der Waals surface area contributed by atoms with E-state index in [9.17, 15) is 4.79 Å². The van der Waals surface area contributed by atoms with Crippen molar-refractivity contribution in [3.05, 3.63) is 81.2 Å². The molecule has 4 aromatic rings. The number of benzene rings is 1. The number of thiazole rings is 1. The van der Waals surface area contributed by atoms with Crippen molar-refractivity contribution < 1.29 is 4.42 Å². The molecule has 1 aromatic carbocycles. The highest BCUT2D eigenvalue weighted by atomic mass is 32.1. The molecule has 24 heavy (non-hydrogen) atoms. The Morgan fingerprint density at radius 1 is 1.04 bits per heavy atom. The minimum absolute atomic E-state index is 0.372. The Morgan fingerprint density at radius 3 is 2.75 bits per heavy atom. The van der Waals surface area contributed by atoms with Crippen LogP contribution in [0.25, 0.3) is 34.4 Å². The summed E-state index contributed by atoms with van der Waals surface area (Å²) < 4.78 is 5.37. The molecule has 4 nitrogen and oxygen atoms in total. The molecule has 5 heteroatoms. The third-order valence-corrected chi connectivity index (χ3v) is 4.37. The number of nitrogens with zero attached hydrogens (tertiary/aromatic N) is 2. The van der Waals surface area contributed by atoms with Gasteiger partial charge >= 0.3 is 5.63 Å². The molecule has 0 atom stereocenters. The highest BCUT2D eigenvalue weighted by Crippen LogP contribution is 2.23. The van der Waals surface area contributed by atoms with Crippen LogP contribution in [-0.4, -0.2) is 9.97 Å². The van der Waals surface area contributed by atoms with Gasteiger partial charge in [-0.3, -0.25) is 4.98 Å². The van der Waals surface area contributed by atoms with Crippen molar-refractivity contribution in [3.8, 4) is 11.3 Å². The zero-order chi connectivity index (χ0) is 16.4. The Balaban J connectivity index is 1.69. The van der Waals surface area contributed by atoms with Crippen molar-refractivity contribution in [2.24, 2.45) is 0 Å². The number of para-hydroxylation sites is 1. The molecule has 0 aliphatic heterocycles. The lowest BCUT2D eigenvalue weighted by atomic mass is 10.1. The topological polar surface area (TPSA) is 56.0 Å². The Kier molecular flexibility index (Phi) is 3.76. The van der Waals surface area contributed by atoms with E-state index < -0.39 is 0 Å². The average molecular weight is 332 g/mol. The van der Waals surface area contributed by atoms with Gasteiger partial charge in [-0.05, 0) is 35.9 Å². The molecular formula is C19H12N2O2S. The van der Waals surface area contributed by atoms with Crippen LogP contribution in [0.3, 0.4) is 0 Å². The zero-order valence-electron chi connectivity index (χ0n) is 12.5. The van der Waals surface area contributed by atoms with Gasteiger partial charge in [-0.15, -0.1) is 11.3 Å². The van der Waals surface area contributed by atoms with E-state index in [0.717, 1.165) is 16.0 Å². The molecule has 0 saturated carbocycles. The molecule has 0 fully saturated rings. The lowest BCUT2D eigenvalue weighted by Crippen LogP contribution is -2.02. The first-order chi connectivity index (χ1) is 11.8. The Labute approximate surface area is 141 Å². The molecule has 3 heterocycles. The molecule has 0 bridgehead atoms. The summed E-state index contributed by atoms with van der Waals surface area (Å²) in [5.74, 6) is 0. The van der Waals surface area contributed by atoms with Crippen molar-refractivity contribution >= 4 is 34.5 Å². The zero-order valence-corrected chi connectivity index (χ0v) is 13.4. The summed E-state index contributed by atoms with van der Waals surface area (Å²) in [5.41, 5.74) is 2.37. The summed E-state index contributed by atoms with van der Waals surface area (Å²) >= 11 is 1.48. The van der Waals surface area contributed by atoms with E-state index in [2.05, 4.69) is 9.97 Å². The number of pyridine rings is 1. The van der Waals surface area contributed by atoms with Gasteiger partial charge in [0, 0.05) is 23.2 Å². The highest BCUT2D eigenvalue weighted by molar-refractivity contribution is 7.10. The quantitative estimate of drug-likeness (QED) is 0.519. The van der Waals surface area contributed by atoms with E-state index in [1.165, 1.54) is 11.3 Å². The average Bonchev–Trinajstić information content (AvgIpc) is 3.09. The number of rotatable bonds is 3. The first kappa shape index (κ1) is 14.5. The molecule has 0 aliphatic carbocycles. The molecule has 0 amide bonds. The Bertz CT molecular complexity index is 1080. The van der Waals surface area contributed by atoms with Crippen molar-refractivity contribution in [1.29, 1.82) is 0 Å². The van der Waals surface area contributed by atoms with Crippen LogP contribution in [0.1, 0.15) is 10.6 Å². The fraction of sp³-hybridized carbons (Fsp3) is 0. The second kappa shape index (κ2) is 6.22. The van der Waals surface area contributed by atoms with Gasteiger partial charge in [-0.2, -0.15) is 0 Å². The molecule has 0 aliphatic rings. The first-order valence-corrected chi connectivity index (χ1v) is 8.24. The standard InChI is InChI=1S/C19H12N2O2S/c22-19-15(11-14-3-1-2-4-17(14)23-19)16-12-24-18(21-16)6-5-13-7-9-20-10-8-13/h1-12H/b6-5+. The summed E-state index contributed by atoms with van der Waals surface area (Å²) in [6.45, 7) is 0. The van der Waals surface area contributed by atoms with Gasteiger partial charge in [0.15, 0.2) is 0 Å². The van der Waals surface area contributed by atoms with Gasteiger partial charge in [0.25, 0.3) is 0 Å². The summed E-state index contributed by atoms with van der Waals surface area (Å²) in [6, 6.07) is 13.1. The fourth-order valence-electron chi connectivity index (χ4n) is 2.37. The predicted molar refractivity (Wildman–Crippen MR) is 96.8 cm³/mol. The fourth-order valence-corrected chi connectivity index (χ4v) is 3.08. The number of fused-ring (bicyclic) bond motifs is 1. The van der Waals surface area contributed by atoms with Crippen LogP contribution in [0, 0.1) is 0 Å². The molecular weight excluding hydrogens is 320 g/mol. The van der Waals surface area contributed by atoms with E-state index in [4.69, 9.17) is 4.42 Å². The van der Waals surface area contributed by atoms with Crippen molar-refractivity contribution in [2.45, 2.75) is 0 Å². The summed E-state index contributed by atoms with van der Waals surface area (Å²) in [5, 5.41) is 3.58. The maximum atomic E-state index is 12.2. The lowest BCUT2D eigenvalue weighted by Gasteiger charge is -1.98. The van der Waals surface area contributed by atoms with Gasteiger partial charge in [0.1, 0.15) is 10.6 Å². The Hall–Kier alpha value is -3.05. The molecule has 116 valence electrons. The second-order valence-corrected chi connectivity index (χ2v) is 6.06. The highest BCUT2D eigenvalue weighted by Gasteiger charge is 2.10. The summed E-state index contributed by atoms with van der Waals surface area (Å²) in [4.78, 5) is 20.7. The number of hydrogen-bond donors (Lipinski definition) is 0. The van der Waals surface area contributed by atoms with Crippen molar-refractivity contribution in [3.63, 3.8) is 0 Å². The Morgan fingerprint density at radius 2 is 1.88 bits per heavy atom. The molecule has 4 rings (SSSR count). The number of aromatic nitrogens is 2. The molecule has 0 radical (unpaired) electrons. The van der Waals surface area contributed by atoms with Crippen LogP contribution < -0.4 is 5.63 Å². The van der Waals surface area contributed by atoms with E-state index in [-0.39, 0.29) is 5.63 Å². The van der Waals surface area contributed by atoms with E-state index in [0.29, 0.717) is 16.8 Å². The molecule has 0 N–H and O–H groups in total. The van der Waals surface area contributed by atoms with Crippen LogP contribution in [0.5, 0.6) is 0 Å². The van der Waals surface area contributed by atoms with Gasteiger partial charge in [-0.25, -0.2) is 9.78 Å². The third kappa shape index (κ3) is 2.89. The van der Waals surface area contributed by atoms with Gasteiger partial charge < -0.3 is 4.42 Å². The lowest BCUT2D eigenvalue weighted by molar-refractivity contribution is 0.563. The SMILES string of the molecule is O=c1oc2ccccc2cc1-c1csc(/C=C/c2ccncc2)n1. The minimum atomic E-state index is -0.372. The molecule has 0 unspecified atom stereocenters. The monoisotopic (exact) mass is 332 g/mol. The molecule has 3 aromatic heterocycles. The largest absolute Gasteiger partial charge is 0.422 e. The van der Waals surface area contributed by atoms with Crippen molar-refractivity contribution in [1.82, 2.24) is 9.97 Å². The van der Waals surface area contributed by atoms with Crippen LogP contribution in [0.2, 0.25) is 0 Å². The van der Waals surface area contributed by atoms with E-state index >= 15 is 0 Å². The van der Waals surface area contributed by atoms with Gasteiger partial charge in [-0.1, -0.05) is 24.3 Å². The van der Waals surface area contributed by atoms with E-state index in [1.807, 2.05) is 53.9 Å². The maximum Gasteiger partial charge on any atom is 0.345 e. The molecule has 0 spiro atoms. The summed E-state index contributed by atoms with van der Waals surface area (Å²) in [6.07, 6.45) is 7.37. The number of hydrogen-bond acceptors (Lipinski definition) is 5. The van der Waals surface area contributed by atoms with Crippen LogP contribution in [-0.2, 0) is 0 Å². The minimum Gasteiger partial charge on any atom is -0.422 e.